The number of benzene rings is 2. The van der Waals surface area contributed by atoms with Gasteiger partial charge in [0.1, 0.15) is 11.5 Å². The minimum absolute atomic E-state index is 0.181. The molecule has 1 aliphatic rings. The normalized spacial score (nSPS) is 13.9. The molecule has 3 rings (SSSR count). The zero-order chi connectivity index (χ0) is 19.1. The molecule has 27 heavy (non-hydrogen) atoms. The summed E-state index contributed by atoms with van der Waals surface area (Å²) in [5.41, 5.74) is 2.24. The number of carbonyl (C=O) groups excluding carboxylic acids is 1. The summed E-state index contributed by atoms with van der Waals surface area (Å²) >= 11 is 0. The van der Waals surface area contributed by atoms with Crippen LogP contribution in [0.1, 0.15) is 23.7 Å². The van der Waals surface area contributed by atoms with Gasteiger partial charge >= 0.3 is 0 Å². The summed E-state index contributed by atoms with van der Waals surface area (Å²) in [5.74, 6) is 1.21. The van der Waals surface area contributed by atoms with Crippen LogP contribution in [-0.4, -0.2) is 45.9 Å². The molecule has 0 aliphatic carbocycles. The third-order valence-corrected chi connectivity index (χ3v) is 4.37. The summed E-state index contributed by atoms with van der Waals surface area (Å²) in [5, 5.41) is 3.03. The minimum Gasteiger partial charge on any atom is -0.497 e. The molecule has 0 aromatic heterocycles. The third kappa shape index (κ3) is 4.92. The zero-order valence-electron chi connectivity index (χ0n) is 15.9. The zero-order valence-corrected chi connectivity index (χ0v) is 15.9. The fourth-order valence-corrected chi connectivity index (χ4v) is 2.96. The number of anilines is 2. The predicted molar refractivity (Wildman–Crippen MR) is 106 cm³/mol. The highest BCUT2D eigenvalue weighted by atomic mass is 16.5. The molecule has 2 aromatic carbocycles. The van der Waals surface area contributed by atoms with Crippen molar-refractivity contribution in [1.82, 2.24) is 0 Å². The van der Waals surface area contributed by atoms with Crippen LogP contribution in [0.3, 0.4) is 0 Å². The second-order valence-corrected chi connectivity index (χ2v) is 6.31. The number of morpholine rings is 1. The van der Waals surface area contributed by atoms with Gasteiger partial charge in [-0.2, -0.15) is 0 Å². The van der Waals surface area contributed by atoms with E-state index in [0.717, 1.165) is 30.9 Å². The first-order valence-electron chi connectivity index (χ1n) is 9.26. The SMILES string of the molecule is CCCOc1cccc(C(=O)Nc2cc(OC)ccc2N2CCOCC2)c1. The van der Waals surface area contributed by atoms with Crippen molar-refractivity contribution in [1.29, 1.82) is 0 Å². The molecule has 0 saturated carbocycles. The monoisotopic (exact) mass is 370 g/mol. The number of ether oxygens (including phenoxy) is 3. The molecule has 1 amide bonds. The lowest BCUT2D eigenvalue weighted by Crippen LogP contribution is -2.36. The summed E-state index contributed by atoms with van der Waals surface area (Å²) in [7, 11) is 1.61. The van der Waals surface area contributed by atoms with Gasteiger partial charge in [-0.25, -0.2) is 0 Å². The fourth-order valence-electron chi connectivity index (χ4n) is 2.96. The van der Waals surface area contributed by atoms with E-state index in [4.69, 9.17) is 14.2 Å². The standard InChI is InChI=1S/C21H26N2O4/c1-3-11-27-18-6-4-5-16(14-18)21(24)22-19-15-17(25-2)7-8-20(19)23-9-12-26-13-10-23/h4-8,14-15H,3,9-13H2,1-2H3,(H,22,24). The summed E-state index contributed by atoms with van der Waals surface area (Å²) < 4.78 is 16.4. The summed E-state index contributed by atoms with van der Waals surface area (Å²) in [4.78, 5) is 15.0. The number of methoxy groups -OCH3 is 1. The van der Waals surface area contributed by atoms with Crippen LogP contribution in [0.5, 0.6) is 11.5 Å². The Morgan fingerprint density at radius 2 is 1.96 bits per heavy atom. The van der Waals surface area contributed by atoms with E-state index in [1.54, 1.807) is 19.2 Å². The van der Waals surface area contributed by atoms with Crippen molar-refractivity contribution in [3.05, 3.63) is 48.0 Å². The highest BCUT2D eigenvalue weighted by Gasteiger charge is 2.18. The lowest BCUT2D eigenvalue weighted by atomic mass is 10.1. The fraction of sp³-hybridized carbons (Fsp3) is 0.381. The first-order chi connectivity index (χ1) is 13.2. The maximum Gasteiger partial charge on any atom is 0.255 e. The number of carbonyl (C=O) groups is 1. The Morgan fingerprint density at radius 1 is 1.15 bits per heavy atom. The molecule has 144 valence electrons. The summed E-state index contributed by atoms with van der Waals surface area (Å²) in [6.45, 7) is 5.60. The number of hydrogen-bond acceptors (Lipinski definition) is 5. The Bertz CT molecular complexity index is 773. The highest BCUT2D eigenvalue weighted by molar-refractivity contribution is 6.06. The van der Waals surface area contributed by atoms with Gasteiger partial charge in [-0.1, -0.05) is 13.0 Å². The van der Waals surface area contributed by atoms with Gasteiger partial charge in [0.25, 0.3) is 5.91 Å². The number of rotatable bonds is 7. The van der Waals surface area contributed by atoms with Crippen LogP contribution in [0, 0.1) is 0 Å². The molecule has 0 bridgehead atoms. The second-order valence-electron chi connectivity index (χ2n) is 6.31. The summed E-state index contributed by atoms with van der Waals surface area (Å²) in [6, 6.07) is 13.0. The molecular formula is C21H26N2O4. The van der Waals surface area contributed by atoms with E-state index in [-0.39, 0.29) is 5.91 Å². The van der Waals surface area contributed by atoms with Crippen molar-refractivity contribution < 1.29 is 19.0 Å². The van der Waals surface area contributed by atoms with E-state index in [1.807, 2.05) is 37.3 Å². The molecule has 2 aromatic rings. The maximum atomic E-state index is 12.8. The maximum absolute atomic E-state index is 12.8. The Kier molecular flexibility index (Phi) is 6.54. The molecule has 6 nitrogen and oxygen atoms in total. The number of hydrogen-bond donors (Lipinski definition) is 1. The van der Waals surface area contributed by atoms with E-state index in [1.165, 1.54) is 0 Å². The largest absolute Gasteiger partial charge is 0.497 e. The van der Waals surface area contributed by atoms with Crippen molar-refractivity contribution in [2.24, 2.45) is 0 Å². The number of nitrogens with zero attached hydrogens (tertiary/aromatic N) is 1. The van der Waals surface area contributed by atoms with Crippen LogP contribution < -0.4 is 19.7 Å². The van der Waals surface area contributed by atoms with Gasteiger partial charge in [0.05, 0.1) is 38.3 Å². The van der Waals surface area contributed by atoms with Crippen LogP contribution in [0.2, 0.25) is 0 Å². The van der Waals surface area contributed by atoms with Crippen molar-refractivity contribution in [2.45, 2.75) is 13.3 Å². The van der Waals surface area contributed by atoms with Crippen molar-refractivity contribution >= 4 is 17.3 Å². The predicted octanol–water partition coefficient (Wildman–Crippen LogP) is 3.57. The minimum atomic E-state index is -0.181. The van der Waals surface area contributed by atoms with Gasteiger partial charge in [-0.15, -0.1) is 0 Å². The van der Waals surface area contributed by atoms with E-state index in [0.29, 0.717) is 36.9 Å². The molecule has 1 heterocycles. The smallest absolute Gasteiger partial charge is 0.255 e. The van der Waals surface area contributed by atoms with Gasteiger partial charge in [0.15, 0.2) is 0 Å². The van der Waals surface area contributed by atoms with E-state index in [2.05, 4.69) is 10.2 Å². The topological polar surface area (TPSA) is 60.0 Å². The molecule has 1 saturated heterocycles. The Hall–Kier alpha value is -2.73. The van der Waals surface area contributed by atoms with Crippen LogP contribution in [-0.2, 0) is 4.74 Å². The molecule has 0 spiro atoms. The lowest BCUT2D eigenvalue weighted by molar-refractivity contribution is 0.102. The highest BCUT2D eigenvalue weighted by Crippen LogP contribution is 2.31. The van der Waals surface area contributed by atoms with Crippen LogP contribution in [0.25, 0.3) is 0 Å². The molecule has 6 heteroatoms. The number of nitrogens with one attached hydrogen (secondary N) is 1. The van der Waals surface area contributed by atoms with Gasteiger partial charge in [0, 0.05) is 24.7 Å². The van der Waals surface area contributed by atoms with Gasteiger partial charge in [0.2, 0.25) is 0 Å². The van der Waals surface area contributed by atoms with Crippen molar-refractivity contribution in [3.8, 4) is 11.5 Å². The Balaban J connectivity index is 1.82. The molecular weight excluding hydrogens is 344 g/mol. The summed E-state index contributed by atoms with van der Waals surface area (Å²) in [6.07, 6.45) is 0.920. The average molecular weight is 370 g/mol. The van der Waals surface area contributed by atoms with Crippen LogP contribution >= 0.6 is 0 Å². The molecule has 0 atom stereocenters. The van der Waals surface area contributed by atoms with E-state index >= 15 is 0 Å². The average Bonchev–Trinajstić information content (AvgIpc) is 2.73. The quantitative estimate of drug-likeness (QED) is 0.807. The molecule has 1 N–H and O–H groups in total. The van der Waals surface area contributed by atoms with Gasteiger partial charge in [-0.3, -0.25) is 4.79 Å². The van der Waals surface area contributed by atoms with Crippen LogP contribution in [0.4, 0.5) is 11.4 Å². The van der Waals surface area contributed by atoms with Crippen molar-refractivity contribution in [2.75, 3.05) is 50.2 Å². The first-order valence-corrected chi connectivity index (χ1v) is 9.26. The Labute approximate surface area is 160 Å². The van der Waals surface area contributed by atoms with Crippen LogP contribution in [0.15, 0.2) is 42.5 Å². The van der Waals surface area contributed by atoms with E-state index < -0.39 is 0 Å². The third-order valence-electron chi connectivity index (χ3n) is 4.37. The first kappa shape index (κ1) is 19.0. The molecule has 0 radical (unpaired) electrons. The second kappa shape index (κ2) is 9.28. The van der Waals surface area contributed by atoms with Crippen molar-refractivity contribution in [3.63, 3.8) is 0 Å². The lowest BCUT2D eigenvalue weighted by Gasteiger charge is -2.30. The van der Waals surface area contributed by atoms with Gasteiger partial charge in [-0.05, 0) is 36.8 Å². The molecule has 1 aliphatic heterocycles. The van der Waals surface area contributed by atoms with E-state index in [9.17, 15) is 4.79 Å². The Morgan fingerprint density at radius 3 is 2.70 bits per heavy atom. The van der Waals surface area contributed by atoms with Gasteiger partial charge < -0.3 is 24.4 Å². The molecule has 0 unspecified atom stereocenters. The molecule has 1 fully saturated rings. The number of amides is 1.